The molecule has 1 fully saturated rings. The predicted molar refractivity (Wildman–Crippen MR) is 72.6 cm³/mol. The molecule has 3 N–H and O–H groups in total. The van der Waals surface area contributed by atoms with Crippen LogP contribution in [0.1, 0.15) is 13.3 Å². The number of benzene rings is 1. The van der Waals surface area contributed by atoms with Crippen LogP contribution in [0.5, 0.6) is 0 Å². The Labute approximate surface area is 111 Å². The van der Waals surface area contributed by atoms with E-state index in [-0.39, 0.29) is 17.7 Å². The van der Waals surface area contributed by atoms with Gasteiger partial charge in [-0.15, -0.1) is 0 Å². The highest BCUT2D eigenvalue weighted by Crippen LogP contribution is 2.26. The van der Waals surface area contributed by atoms with Crippen LogP contribution in [0.15, 0.2) is 18.2 Å². The van der Waals surface area contributed by atoms with Crippen LogP contribution in [0.25, 0.3) is 0 Å². The van der Waals surface area contributed by atoms with Gasteiger partial charge in [0.15, 0.2) is 0 Å². The zero-order chi connectivity index (χ0) is 13.1. The van der Waals surface area contributed by atoms with E-state index >= 15 is 0 Å². The van der Waals surface area contributed by atoms with E-state index in [1.807, 2.05) is 6.92 Å². The number of carbonyl (C=O) groups is 1. The first-order chi connectivity index (χ1) is 8.58. The van der Waals surface area contributed by atoms with Gasteiger partial charge in [-0.25, -0.2) is 0 Å². The van der Waals surface area contributed by atoms with Crippen LogP contribution >= 0.6 is 11.6 Å². The quantitative estimate of drug-likeness (QED) is 0.810. The second kappa shape index (κ2) is 5.59. The Morgan fingerprint density at radius 1 is 1.56 bits per heavy atom. The highest BCUT2D eigenvalue weighted by molar-refractivity contribution is 6.31. The van der Waals surface area contributed by atoms with E-state index in [2.05, 4.69) is 5.32 Å². The molecule has 0 saturated carbocycles. The maximum Gasteiger partial charge on any atom is 0.227 e. The molecule has 0 aliphatic carbocycles. The minimum absolute atomic E-state index is 0.0141. The number of rotatable bonds is 2. The fourth-order valence-electron chi connectivity index (χ4n) is 2.13. The fourth-order valence-corrected chi connectivity index (χ4v) is 2.30. The minimum atomic E-state index is -0.0304. The van der Waals surface area contributed by atoms with Crippen LogP contribution in [0.4, 0.5) is 11.4 Å². The summed E-state index contributed by atoms with van der Waals surface area (Å²) in [7, 11) is 0. The van der Waals surface area contributed by atoms with E-state index in [1.54, 1.807) is 18.2 Å². The molecule has 98 valence electrons. The maximum atomic E-state index is 12.2. The van der Waals surface area contributed by atoms with Gasteiger partial charge < -0.3 is 15.8 Å². The molecule has 1 amide bonds. The van der Waals surface area contributed by atoms with Crippen LogP contribution in [0.3, 0.4) is 0 Å². The van der Waals surface area contributed by atoms with Crippen LogP contribution in [-0.2, 0) is 9.53 Å². The molecule has 1 aromatic carbocycles. The zero-order valence-corrected chi connectivity index (χ0v) is 11.0. The van der Waals surface area contributed by atoms with E-state index < -0.39 is 0 Å². The van der Waals surface area contributed by atoms with Gasteiger partial charge in [-0.1, -0.05) is 18.5 Å². The standard InChI is InChI=1S/C13H17ClN2O2/c1-8-7-18-5-4-10(8)13(17)16-12-6-9(14)2-3-11(12)15/h2-3,6,8,10H,4-5,7,15H2,1H3,(H,16,17). The lowest BCUT2D eigenvalue weighted by Gasteiger charge is -2.27. The summed E-state index contributed by atoms with van der Waals surface area (Å²) in [5.74, 6) is 0.177. The molecule has 1 saturated heterocycles. The van der Waals surface area contributed by atoms with Crippen molar-refractivity contribution < 1.29 is 9.53 Å². The topological polar surface area (TPSA) is 64.3 Å². The number of hydrogen-bond donors (Lipinski definition) is 2. The Bertz CT molecular complexity index is 451. The average Bonchev–Trinajstić information content (AvgIpc) is 2.34. The number of nitrogen functional groups attached to an aromatic ring is 1. The van der Waals surface area contributed by atoms with Gasteiger partial charge in [-0.05, 0) is 30.5 Å². The van der Waals surface area contributed by atoms with Crippen molar-refractivity contribution in [2.75, 3.05) is 24.3 Å². The first-order valence-electron chi connectivity index (χ1n) is 6.01. The number of amides is 1. The third kappa shape index (κ3) is 2.94. The van der Waals surface area contributed by atoms with Gasteiger partial charge in [0.25, 0.3) is 0 Å². The van der Waals surface area contributed by atoms with Crippen molar-refractivity contribution >= 4 is 28.9 Å². The molecule has 2 atom stereocenters. The monoisotopic (exact) mass is 268 g/mol. The van der Waals surface area contributed by atoms with Gasteiger partial charge in [0.2, 0.25) is 5.91 Å². The molecule has 1 heterocycles. The van der Waals surface area contributed by atoms with Crippen molar-refractivity contribution in [1.82, 2.24) is 0 Å². The molecule has 2 rings (SSSR count). The summed E-state index contributed by atoms with van der Waals surface area (Å²) < 4.78 is 5.33. The molecule has 0 spiro atoms. The third-order valence-electron chi connectivity index (χ3n) is 3.25. The molecule has 1 aliphatic rings. The molecular formula is C13H17ClN2O2. The molecule has 2 unspecified atom stereocenters. The molecule has 18 heavy (non-hydrogen) atoms. The van der Waals surface area contributed by atoms with E-state index in [0.29, 0.717) is 29.6 Å². The van der Waals surface area contributed by atoms with Gasteiger partial charge in [0, 0.05) is 24.2 Å². The molecule has 1 aromatic rings. The number of anilines is 2. The van der Waals surface area contributed by atoms with Crippen LogP contribution in [-0.4, -0.2) is 19.1 Å². The number of carbonyl (C=O) groups excluding carboxylic acids is 1. The van der Waals surface area contributed by atoms with E-state index in [0.717, 1.165) is 6.42 Å². The van der Waals surface area contributed by atoms with Crippen molar-refractivity contribution in [3.05, 3.63) is 23.2 Å². The van der Waals surface area contributed by atoms with Crippen molar-refractivity contribution in [2.24, 2.45) is 11.8 Å². The van der Waals surface area contributed by atoms with Crippen molar-refractivity contribution in [1.29, 1.82) is 0 Å². The number of hydrogen-bond acceptors (Lipinski definition) is 3. The number of halogens is 1. The Balaban J connectivity index is 2.08. The molecule has 5 heteroatoms. The number of nitrogens with two attached hydrogens (primary N) is 1. The highest BCUT2D eigenvalue weighted by Gasteiger charge is 2.28. The maximum absolute atomic E-state index is 12.2. The Morgan fingerprint density at radius 3 is 3.06 bits per heavy atom. The molecular weight excluding hydrogens is 252 g/mol. The van der Waals surface area contributed by atoms with Gasteiger partial charge in [0.05, 0.1) is 11.4 Å². The van der Waals surface area contributed by atoms with Gasteiger partial charge >= 0.3 is 0 Å². The second-order valence-corrected chi connectivity index (χ2v) is 5.10. The van der Waals surface area contributed by atoms with Gasteiger partial charge in [0.1, 0.15) is 0 Å². The largest absolute Gasteiger partial charge is 0.397 e. The average molecular weight is 269 g/mol. The number of ether oxygens (including phenoxy) is 1. The fraction of sp³-hybridized carbons (Fsp3) is 0.462. The molecule has 0 aromatic heterocycles. The Kier molecular flexibility index (Phi) is 4.09. The summed E-state index contributed by atoms with van der Waals surface area (Å²) in [6.07, 6.45) is 0.744. The summed E-state index contributed by atoms with van der Waals surface area (Å²) >= 11 is 5.89. The highest BCUT2D eigenvalue weighted by atomic mass is 35.5. The first-order valence-corrected chi connectivity index (χ1v) is 6.39. The van der Waals surface area contributed by atoms with Crippen LogP contribution < -0.4 is 11.1 Å². The minimum Gasteiger partial charge on any atom is -0.397 e. The van der Waals surface area contributed by atoms with Crippen LogP contribution in [0.2, 0.25) is 5.02 Å². The summed E-state index contributed by atoms with van der Waals surface area (Å²) in [4.78, 5) is 12.2. The summed E-state index contributed by atoms with van der Waals surface area (Å²) in [6.45, 7) is 3.28. The smallest absolute Gasteiger partial charge is 0.227 e. The zero-order valence-electron chi connectivity index (χ0n) is 10.3. The second-order valence-electron chi connectivity index (χ2n) is 4.67. The lowest BCUT2D eigenvalue weighted by Crippen LogP contribution is -2.35. The third-order valence-corrected chi connectivity index (χ3v) is 3.49. The van der Waals surface area contributed by atoms with Crippen molar-refractivity contribution in [3.8, 4) is 0 Å². The van der Waals surface area contributed by atoms with Crippen LogP contribution in [0, 0.1) is 11.8 Å². The Hall–Kier alpha value is -1.26. The first kappa shape index (κ1) is 13.2. The normalized spacial score (nSPS) is 23.7. The van der Waals surface area contributed by atoms with E-state index in [1.165, 1.54) is 0 Å². The summed E-state index contributed by atoms with van der Waals surface area (Å²) in [5.41, 5.74) is 6.90. The van der Waals surface area contributed by atoms with Gasteiger partial charge in [-0.3, -0.25) is 4.79 Å². The SMILES string of the molecule is CC1COCCC1C(=O)Nc1cc(Cl)ccc1N. The van der Waals surface area contributed by atoms with Crippen molar-refractivity contribution in [3.63, 3.8) is 0 Å². The Morgan fingerprint density at radius 2 is 2.33 bits per heavy atom. The van der Waals surface area contributed by atoms with Crippen molar-refractivity contribution in [2.45, 2.75) is 13.3 Å². The molecule has 0 radical (unpaired) electrons. The van der Waals surface area contributed by atoms with E-state index in [4.69, 9.17) is 22.1 Å². The molecule has 1 aliphatic heterocycles. The van der Waals surface area contributed by atoms with Gasteiger partial charge in [-0.2, -0.15) is 0 Å². The lowest BCUT2D eigenvalue weighted by molar-refractivity contribution is -0.125. The lowest BCUT2D eigenvalue weighted by atomic mass is 9.89. The predicted octanol–water partition coefficient (Wildman–Crippen LogP) is 2.53. The molecule has 4 nitrogen and oxygen atoms in total. The van der Waals surface area contributed by atoms with E-state index in [9.17, 15) is 4.79 Å². The summed E-state index contributed by atoms with van der Waals surface area (Å²) in [6, 6.07) is 5.05. The summed E-state index contributed by atoms with van der Waals surface area (Å²) in [5, 5.41) is 3.40. The number of nitrogens with one attached hydrogen (secondary N) is 1. The molecule has 0 bridgehead atoms.